The van der Waals surface area contributed by atoms with Gasteiger partial charge >= 0.3 is 0 Å². The smallest absolute Gasteiger partial charge is 0.217 e. The SMILES string of the molecule is CCC(CC)O[C@H]1C=C(Br)C=C[C@H]1NC(C)=O. The Morgan fingerprint density at radius 3 is 2.71 bits per heavy atom. The van der Waals surface area contributed by atoms with Gasteiger partial charge in [-0.2, -0.15) is 0 Å². The molecule has 0 aliphatic heterocycles. The first-order chi connectivity index (χ1) is 8.06. The molecule has 0 radical (unpaired) electrons. The Bertz CT molecular complexity index is 321. The number of ether oxygens (including phenoxy) is 1. The molecule has 2 atom stereocenters. The minimum absolute atomic E-state index is 0.0378. The number of amides is 1. The summed E-state index contributed by atoms with van der Waals surface area (Å²) in [4.78, 5) is 11.1. The van der Waals surface area contributed by atoms with Gasteiger partial charge in [-0.1, -0.05) is 41.9 Å². The molecule has 1 rings (SSSR count). The van der Waals surface area contributed by atoms with Gasteiger partial charge in [-0.3, -0.25) is 4.79 Å². The van der Waals surface area contributed by atoms with E-state index in [1.807, 2.05) is 18.2 Å². The van der Waals surface area contributed by atoms with Crippen molar-refractivity contribution < 1.29 is 9.53 Å². The van der Waals surface area contributed by atoms with E-state index in [1.54, 1.807) is 0 Å². The van der Waals surface area contributed by atoms with Crippen LogP contribution in [0.5, 0.6) is 0 Å². The molecule has 1 aliphatic carbocycles. The first kappa shape index (κ1) is 14.5. The summed E-state index contributed by atoms with van der Waals surface area (Å²) < 4.78 is 7.00. The summed E-state index contributed by atoms with van der Waals surface area (Å²) in [5, 5.41) is 2.89. The third kappa shape index (κ3) is 4.64. The minimum Gasteiger partial charge on any atom is -0.368 e. The van der Waals surface area contributed by atoms with Gasteiger partial charge in [0.2, 0.25) is 5.91 Å². The highest BCUT2D eigenvalue weighted by Crippen LogP contribution is 2.21. The summed E-state index contributed by atoms with van der Waals surface area (Å²) in [5.41, 5.74) is 0. The average molecular weight is 302 g/mol. The van der Waals surface area contributed by atoms with Crippen LogP contribution in [-0.4, -0.2) is 24.2 Å². The van der Waals surface area contributed by atoms with E-state index in [4.69, 9.17) is 4.74 Å². The monoisotopic (exact) mass is 301 g/mol. The topological polar surface area (TPSA) is 38.3 Å². The van der Waals surface area contributed by atoms with Crippen molar-refractivity contribution in [3.63, 3.8) is 0 Å². The maximum Gasteiger partial charge on any atom is 0.217 e. The zero-order valence-electron chi connectivity index (χ0n) is 10.6. The second-order valence-corrected chi connectivity index (χ2v) is 5.09. The van der Waals surface area contributed by atoms with E-state index < -0.39 is 0 Å². The number of halogens is 1. The van der Waals surface area contributed by atoms with Gasteiger partial charge in [0, 0.05) is 11.4 Å². The van der Waals surface area contributed by atoms with Crippen molar-refractivity contribution in [1.29, 1.82) is 0 Å². The lowest BCUT2D eigenvalue weighted by Gasteiger charge is -2.29. The van der Waals surface area contributed by atoms with Crippen molar-refractivity contribution in [1.82, 2.24) is 5.32 Å². The second-order valence-electron chi connectivity index (χ2n) is 4.18. The normalized spacial score (nSPS) is 23.7. The van der Waals surface area contributed by atoms with Crippen LogP contribution in [0.3, 0.4) is 0 Å². The zero-order chi connectivity index (χ0) is 12.8. The van der Waals surface area contributed by atoms with Gasteiger partial charge in [0.1, 0.15) is 6.10 Å². The number of rotatable bonds is 5. The van der Waals surface area contributed by atoms with E-state index in [2.05, 4.69) is 35.1 Å². The molecule has 1 aliphatic rings. The predicted molar refractivity (Wildman–Crippen MR) is 73.0 cm³/mol. The minimum atomic E-state index is -0.0943. The maximum atomic E-state index is 11.1. The molecule has 0 heterocycles. The molecule has 3 nitrogen and oxygen atoms in total. The quantitative estimate of drug-likeness (QED) is 0.848. The van der Waals surface area contributed by atoms with Crippen molar-refractivity contribution in [3.05, 3.63) is 22.7 Å². The highest BCUT2D eigenvalue weighted by Gasteiger charge is 2.24. The van der Waals surface area contributed by atoms with Gasteiger partial charge in [0.15, 0.2) is 0 Å². The zero-order valence-corrected chi connectivity index (χ0v) is 12.2. The number of hydrogen-bond donors (Lipinski definition) is 1. The van der Waals surface area contributed by atoms with Crippen LogP contribution in [0.25, 0.3) is 0 Å². The van der Waals surface area contributed by atoms with Crippen LogP contribution < -0.4 is 5.32 Å². The van der Waals surface area contributed by atoms with E-state index in [0.717, 1.165) is 17.3 Å². The summed E-state index contributed by atoms with van der Waals surface area (Å²) >= 11 is 3.44. The van der Waals surface area contributed by atoms with Crippen LogP contribution in [0.4, 0.5) is 0 Å². The van der Waals surface area contributed by atoms with E-state index in [0.29, 0.717) is 0 Å². The Hall–Kier alpha value is -0.610. The van der Waals surface area contributed by atoms with Crippen molar-refractivity contribution in [2.75, 3.05) is 0 Å². The highest BCUT2D eigenvalue weighted by molar-refractivity contribution is 9.11. The van der Waals surface area contributed by atoms with Crippen molar-refractivity contribution in [2.24, 2.45) is 0 Å². The molecule has 0 aromatic rings. The van der Waals surface area contributed by atoms with E-state index >= 15 is 0 Å². The van der Waals surface area contributed by atoms with E-state index in [9.17, 15) is 4.79 Å². The van der Waals surface area contributed by atoms with E-state index in [1.165, 1.54) is 6.92 Å². The molecule has 17 heavy (non-hydrogen) atoms. The third-order valence-corrected chi connectivity index (χ3v) is 3.30. The molecule has 96 valence electrons. The molecule has 0 saturated carbocycles. The van der Waals surface area contributed by atoms with Gasteiger partial charge in [0.25, 0.3) is 0 Å². The van der Waals surface area contributed by atoms with Crippen LogP contribution in [0.15, 0.2) is 22.7 Å². The summed E-state index contributed by atoms with van der Waals surface area (Å²) in [6, 6.07) is -0.0746. The Labute approximate surface area is 111 Å². The van der Waals surface area contributed by atoms with E-state index in [-0.39, 0.29) is 24.2 Å². The average Bonchev–Trinajstić information content (AvgIpc) is 2.28. The van der Waals surface area contributed by atoms with Crippen molar-refractivity contribution in [3.8, 4) is 0 Å². The second kappa shape index (κ2) is 6.97. The van der Waals surface area contributed by atoms with Crippen LogP contribution in [0.2, 0.25) is 0 Å². The number of nitrogens with one attached hydrogen (secondary N) is 1. The molecule has 0 bridgehead atoms. The van der Waals surface area contributed by atoms with Crippen LogP contribution in [-0.2, 0) is 9.53 Å². The highest BCUT2D eigenvalue weighted by atomic mass is 79.9. The summed E-state index contributed by atoms with van der Waals surface area (Å²) in [5.74, 6) is -0.0378. The number of carbonyl (C=O) groups is 1. The Kier molecular flexibility index (Phi) is 5.92. The van der Waals surface area contributed by atoms with Gasteiger partial charge in [-0.15, -0.1) is 0 Å². The summed E-state index contributed by atoms with van der Waals surface area (Å²) in [6.07, 6.45) is 8.00. The first-order valence-electron chi connectivity index (χ1n) is 6.04. The fourth-order valence-corrected chi connectivity index (χ4v) is 2.23. The molecular formula is C13H20BrNO2. The molecule has 0 spiro atoms. The Morgan fingerprint density at radius 1 is 1.53 bits per heavy atom. The fraction of sp³-hybridized carbons (Fsp3) is 0.615. The molecule has 0 aromatic heterocycles. The van der Waals surface area contributed by atoms with Crippen molar-refractivity contribution >= 4 is 21.8 Å². The van der Waals surface area contributed by atoms with Gasteiger partial charge in [-0.05, 0) is 18.9 Å². The summed E-state index contributed by atoms with van der Waals surface area (Å²) in [7, 11) is 0. The lowest BCUT2D eigenvalue weighted by molar-refractivity contribution is -0.120. The molecule has 0 aromatic carbocycles. The number of carbonyl (C=O) groups excluding carboxylic acids is 1. The molecular weight excluding hydrogens is 282 g/mol. The predicted octanol–water partition coefficient (Wildman–Crippen LogP) is 2.91. The molecule has 0 unspecified atom stereocenters. The standard InChI is InChI=1S/C13H20BrNO2/c1-4-11(5-2)17-13-8-10(14)6-7-12(13)15-9(3)16/h6-8,11-13H,4-5H2,1-3H3,(H,15,16)/t12-,13+/m1/s1. The lowest BCUT2D eigenvalue weighted by atomic mass is 10.0. The van der Waals surface area contributed by atoms with Crippen LogP contribution in [0, 0.1) is 0 Å². The summed E-state index contributed by atoms with van der Waals surface area (Å²) in [6.45, 7) is 5.74. The lowest BCUT2D eigenvalue weighted by Crippen LogP contribution is -2.43. The third-order valence-electron chi connectivity index (χ3n) is 2.77. The number of hydrogen-bond acceptors (Lipinski definition) is 2. The van der Waals surface area contributed by atoms with Crippen molar-refractivity contribution in [2.45, 2.75) is 51.9 Å². The first-order valence-corrected chi connectivity index (χ1v) is 6.84. The van der Waals surface area contributed by atoms with Gasteiger partial charge in [-0.25, -0.2) is 0 Å². The molecule has 0 saturated heterocycles. The fourth-order valence-electron chi connectivity index (χ4n) is 1.81. The van der Waals surface area contributed by atoms with Gasteiger partial charge in [0.05, 0.1) is 12.1 Å². The molecule has 1 N–H and O–H groups in total. The Balaban J connectivity index is 2.69. The van der Waals surface area contributed by atoms with Gasteiger partial charge < -0.3 is 10.1 Å². The Morgan fingerprint density at radius 2 is 2.18 bits per heavy atom. The molecule has 0 fully saturated rings. The molecule has 1 amide bonds. The van der Waals surface area contributed by atoms with Crippen LogP contribution >= 0.6 is 15.9 Å². The molecule has 4 heteroatoms. The number of allylic oxidation sites excluding steroid dienone is 2. The maximum absolute atomic E-state index is 11.1. The largest absolute Gasteiger partial charge is 0.368 e. The van der Waals surface area contributed by atoms with Crippen LogP contribution in [0.1, 0.15) is 33.6 Å².